The Morgan fingerprint density at radius 1 is 0.556 bits per heavy atom. The third kappa shape index (κ3) is 9.00. The molecule has 0 aliphatic carbocycles. The van der Waals surface area contributed by atoms with Crippen LogP contribution in [0.25, 0.3) is 0 Å². The Labute approximate surface area is 117 Å². The van der Waals surface area contributed by atoms with Gasteiger partial charge in [-0.05, 0) is 17.8 Å². The zero-order valence-electron chi connectivity index (χ0n) is 13.8. The summed E-state index contributed by atoms with van der Waals surface area (Å²) >= 11 is 0. The van der Waals surface area contributed by atoms with Gasteiger partial charge in [-0.15, -0.1) is 0 Å². The average molecular weight is 255 g/mol. The van der Waals surface area contributed by atoms with Gasteiger partial charge in [0.2, 0.25) is 0 Å². The van der Waals surface area contributed by atoms with Gasteiger partial charge in [-0.25, -0.2) is 0 Å². The molecule has 0 nitrogen and oxygen atoms in total. The highest BCUT2D eigenvalue weighted by Gasteiger charge is 2.09. The van der Waals surface area contributed by atoms with Crippen LogP contribution >= 0.6 is 0 Å². The molecule has 0 saturated carbocycles. The smallest absolute Gasteiger partial charge is 0.0417 e. The summed E-state index contributed by atoms with van der Waals surface area (Å²) in [6.45, 7) is 11.8. The van der Waals surface area contributed by atoms with Crippen molar-refractivity contribution in [1.29, 1.82) is 0 Å². The largest absolute Gasteiger partial charge is 0.0651 e. The molecule has 110 valence electrons. The quantitative estimate of drug-likeness (QED) is 0.358. The van der Waals surface area contributed by atoms with Gasteiger partial charge in [0.25, 0.3) is 0 Å². The molecule has 0 aromatic carbocycles. The fourth-order valence-electron chi connectivity index (χ4n) is 2.90. The van der Waals surface area contributed by atoms with E-state index in [0.29, 0.717) is 0 Å². The topological polar surface area (TPSA) is 0 Å². The Balaban J connectivity index is 3.63. The van der Waals surface area contributed by atoms with Crippen LogP contribution < -0.4 is 0 Å². The first-order valence-corrected chi connectivity index (χ1v) is 8.67. The van der Waals surface area contributed by atoms with Crippen molar-refractivity contribution in [3.63, 3.8) is 0 Å². The molecule has 18 heavy (non-hydrogen) atoms. The third-order valence-corrected chi connectivity index (χ3v) is 4.96. The molecule has 0 fully saturated rings. The van der Waals surface area contributed by atoms with E-state index in [4.69, 9.17) is 0 Å². The van der Waals surface area contributed by atoms with Crippen molar-refractivity contribution in [3.05, 3.63) is 0 Å². The minimum absolute atomic E-state index is 0.937. The first-order chi connectivity index (χ1) is 8.67. The van der Waals surface area contributed by atoms with Crippen LogP contribution in [0, 0.1) is 17.8 Å². The van der Waals surface area contributed by atoms with Gasteiger partial charge in [-0.1, -0.05) is 98.8 Å². The van der Waals surface area contributed by atoms with Gasteiger partial charge in [0.1, 0.15) is 0 Å². The summed E-state index contributed by atoms with van der Waals surface area (Å²) in [4.78, 5) is 0. The molecule has 0 N–H and O–H groups in total. The van der Waals surface area contributed by atoms with E-state index >= 15 is 0 Å². The Bertz CT molecular complexity index is 157. The predicted octanol–water partition coefficient (Wildman–Crippen LogP) is 6.84. The summed E-state index contributed by atoms with van der Waals surface area (Å²) in [5, 5.41) is 0. The highest BCUT2D eigenvalue weighted by molar-refractivity contribution is 4.62. The molecule has 0 heteroatoms. The van der Waals surface area contributed by atoms with Crippen molar-refractivity contribution in [2.75, 3.05) is 0 Å². The highest BCUT2D eigenvalue weighted by atomic mass is 14.2. The summed E-state index contributed by atoms with van der Waals surface area (Å²) in [5.41, 5.74) is 0. The number of rotatable bonds is 12. The second kappa shape index (κ2) is 12.1. The predicted molar refractivity (Wildman–Crippen MR) is 85.0 cm³/mol. The molecule has 0 saturated heterocycles. The molecule has 0 rings (SSSR count). The first-order valence-electron chi connectivity index (χ1n) is 8.67. The molecule has 0 radical (unpaired) electrons. The molecule has 2 atom stereocenters. The number of hydrogen-bond donors (Lipinski definition) is 0. The van der Waals surface area contributed by atoms with Crippen LogP contribution in [0.4, 0.5) is 0 Å². The lowest BCUT2D eigenvalue weighted by Crippen LogP contribution is -2.03. The molecule has 0 aliphatic rings. The molecule has 0 aromatic rings. The van der Waals surface area contributed by atoms with Gasteiger partial charge in [-0.2, -0.15) is 0 Å². The molecule has 0 heterocycles. The monoisotopic (exact) mass is 254 g/mol. The van der Waals surface area contributed by atoms with Crippen molar-refractivity contribution in [2.45, 2.75) is 98.8 Å². The Kier molecular flexibility index (Phi) is 12.1. The Morgan fingerprint density at radius 2 is 1.00 bits per heavy atom. The van der Waals surface area contributed by atoms with Gasteiger partial charge in [0.15, 0.2) is 0 Å². The molecule has 0 aliphatic heterocycles. The fourth-order valence-corrected chi connectivity index (χ4v) is 2.90. The van der Waals surface area contributed by atoms with Crippen LogP contribution in [0.3, 0.4) is 0 Å². The highest BCUT2D eigenvalue weighted by Crippen LogP contribution is 2.24. The summed E-state index contributed by atoms with van der Waals surface area (Å²) < 4.78 is 0. The van der Waals surface area contributed by atoms with Crippen molar-refractivity contribution in [2.24, 2.45) is 17.8 Å². The van der Waals surface area contributed by atoms with Gasteiger partial charge in [-0.3, -0.25) is 0 Å². The van der Waals surface area contributed by atoms with Gasteiger partial charge < -0.3 is 0 Å². The van der Waals surface area contributed by atoms with Crippen LogP contribution in [0.5, 0.6) is 0 Å². The second-order valence-corrected chi connectivity index (χ2v) is 6.33. The van der Waals surface area contributed by atoms with Gasteiger partial charge >= 0.3 is 0 Å². The molecule has 0 amide bonds. The van der Waals surface area contributed by atoms with Crippen LogP contribution in [0.2, 0.25) is 0 Å². The maximum Gasteiger partial charge on any atom is -0.0417 e. The SMILES string of the molecule is CCC(C)CCCC(CC)CCCC(CC)CC. The van der Waals surface area contributed by atoms with Crippen LogP contribution in [-0.2, 0) is 0 Å². The maximum atomic E-state index is 2.40. The lowest BCUT2D eigenvalue weighted by molar-refractivity contribution is 0.353. The van der Waals surface area contributed by atoms with Crippen LogP contribution in [0.1, 0.15) is 98.8 Å². The first kappa shape index (κ1) is 18.0. The normalized spacial score (nSPS) is 15.0. The van der Waals surface area contributed by atoms with Crippen LogP contribution in [-0.4, -0.2) is 0 Å². The number of hydrogen-bond acceptors (Lipinski definition) is 0. The van der Waals surface area contributed by atoms with E-state index in [1.807, 2.05) is 0 Å². The Hall–Kier alpha value is 0. The van der Waals surface area contributed by atoms with Crippen molar-refractivity contribution in [3.8, 4) is 0 Å². The summed E-state index contributed by atoms with van der Waals surface area (Å²) in [7, 11) is 0. The van der Waals surface area contributed by atoms with E-state index in [9.17, 15) is 0 Å². The summed E-state index contributed by atoms with van der Waals surface area (Å²) in [6, 6.07) is 0. The molecule has 0 aromatic heterocycles. The standard InChI is InChI=1S/C18H38/c1-6-16(5)12-10-14-18(9-4)15-11-13-17(7-2)8-3/h16-18H,6-15H2,1-5H3. The second-order valence-electron chi connectivity index (χ2n) is 6.33. The van der Waals surface area contributed by atoms with Crippen molar-refractivity contribution < 1.29 is 0 Å². The van der Waals surface area contributed by atoms with E-state index in [-0.39, 0.29) is 0 Å². The van der Waals surface area contributed by atoms with Gasteiger partial charge in [0, 0.05) is 0 Å². The molecular formula is C18H38. The zero-order chi connectivity index (χ0) is 13.8. The fraction of sp³-hybridized carbons (Fsp3) is 1.00. The van der Waals surface area contributed by atoms with Crippen LogP contribution in [0.15, 0.2) is 0 Å². The molecule has 2 unspecified atom stereocenters. The van der Waals surface area contributed by atoms with E-state index < -0.39 is 0 Å². The molecule has 0 bridgehead atoms. The summed E-state index contributed by atoms with van der Waals surface area (Å²) in [5.74, 6) is 2.93. The van der Waals surface area contributed by atoms with Gasteiger partial charge in [0.05, 0.1) is 0 Å². The molecular weight excluding hydrogens is 216 g/mol. The van der Waals surface area contributed by atoms with Crippen molar-refractivity contribution >= 4 is 0 Å². The van der Waals surface area contributed by atoms with Crippen molar-refractivity contribution in [1.82, 2.24) is 0 Å². The lowest BCUT2D eigenvalue weighted by atomic mass is 9.88. The maximum absolute atomic E-state index is 2.40. The van der Waals surface area contributed by atoms with E-state index in [2.05, 4.69) is 34.6 Å². The van der Waals surface area contributed by atoms with E-state index in [1.54, 1.807) is 0 Å². The Morgan fingerprint density at radius 3 is 1.44 bits per heavy atom. The average Bonchev–Trinajstić information content (AvgIpc) is 2.41. The molecule has 0 spiro atoms. The minimum atomic E-state index is 0.937. The lowest BCUT2D eigenvalue weighted by Gasteiger charge is -2.18. The van der Waals surface area contributed by atoms with E-state index in [1.165, 1.54) is 64.2 Å². The third-order valence-electron chi connectivity index (χ3n) is 4.96. The van der Waals surface area contributed by atoms with E-state index in [0.717, 1.165) is 17.8 Å². The minimum Gasteiger partial charge on any atom is -0.0651 e. The zero-order valence-corrected chi connectivity index (χ0v) is 13.8. The summed E-state index contributed by atoms with van der Waals surface area (Å²) in [6.07, 6.45) is 14.3.